The summed E-state index contributed by atoms with van der Waals surface area (Å²) in [5.41, 5.74) is 2.24. The van der Waals surface area contributed by atoms with Crippen molar-refractivity contribution in [1.29, 1.82) is 0 Å². The highest BCUT2D eigenvalue weighted by molar-refractivity contribution is 5.83. The summed E-state index contributed by atoms with van der Waals surface area (Å²) < 4.78 is 18.0. The van der Waals surface area contributed by atoms with Crippen molar-refractivity contribution in [2.24, 2.45) is 0 Å². The molecule has 2 aromatic heterocycles. The Bertz CT molecular complexity index is 708. The third-order valence-electron chi connectivity index (χ3n) is 2.71. The lowest BCUT2D eigenvalue weighted by Crippen LogP contribution is -1.89. The number of methoxy groups -OCH3 is 1. The third-order valence-corrected chi connectivity index (χ3v) is 2.71. The Kier molecular flexibility index (Phi) is 2.44. The minimum absolute atomic E-state index is 0.313. The predicted octanol–water partition coefficient (Wildman–Crippen LogP) is 2.84. The molecule has 0 saturated carbocycles. The standard InChI is InChI=1S/C13H10FN3O/c1-18-13-4-2-3-11(15-13)9-5-6-10-8-17(14)16-12(10)7-9/h2-8H,1H3. The average Bonchev–Trinajstić information content (AvgIpc) is 2.77. The van der Waals surface area contributed by atoms with Crippen LogP contribution in [0, 0.1) is 0 Å². The highest BCUT2D eigenvalue weighted by atomic mass is 19.2. The third kappa shape index (κ3) is 1.79. The Morgan fingerprint density at radius 3 is 2.94 bits per heavy atom. The molecule has 2 heterocycles. The van der Waals surface area contributed by atoms with Crippen LogP contribution in [0.3, 0.4) is 0 Å². The van der Waals surface area contributed by atoms with Gasteiger partial charge in [0, 0.05) is 17.0 Å². The second kappa shape index (κ2) is 4.10. The van der Waals surface area contributed by atoms with Crippen LogP contribution in [0.4, 0.5) is 4.48 Å². The zero-order chi connectivity index (χ0) is 12.5. The smallest absolute Gasteiger partial charge is 0.213 e. The number of aromatic nitrogens is 3. The van der Waals surface area contributed by atoms with E-state index in [9.17, 15) is 4.48 Å². The molecule has 0 bridgehead atoms. The molecule has 0 N–H and O–H groups in total. The van der Waals surface area contributed by atoms with Crippen LogP contribution in [0.25, 0.3) is 22.2 Å². The van der Waals surface area contributed by atoms with Gasteiger partial charge in [-0.25, -0.2) is 4.98 Å². The fraction of sp³-hybridized carbons (Fsp3) is 0.0769. The highest BCUT2D eigenvalue weighted by Gasteiger charge is 2.05. The number of halogens is 1. The molecule has 0 fully saturated rings. The zero-order valence-electron chi connectivity index (χ0n) is 9.67. The van der Waals surface area contributed by atoms with Crippen LogP contribution < -0.4 is 4.74 Å². The van der Waals surface area contributed by atoms with Gasteiger partial charge < -0.3 is 4.74 Å². The largest absolute Gasteiger partial charge is 0.481 e. The predicted molar refractivity (Wildman–Crippen MR) is 66.0 cm³/mol. The first-order valence-electron chi connectivity index (χ1n) is 5.43. The number of hydrogen-bond acceptors (Lipinski definition) is 3. The number of hydrogen-bond donors (Lipinski definition) is 0. The second-order valence-corrected chi connectivity index (χ2v) is 3.86. The van der Waals surface area contributed by atoms with Crippen LogP contribution in [0.1, 0.15) is 0 Å². The van der Waals surface area contributed by atoms with Crippen molar-refractivity contribution in [2.75, 3.05) is 7.11 Å². The average molecular weight is 243 g/mol. The summed E-state index contributed by atoms with van der Waals surface area (Å²) in [6.45, 7) is 0. The first-order chi connectivity index (χ1) is 8.76. The fourth-order valence-corrected chi connectivity index (χ4v) is 1.83. The van der Waals surface area contributed by atoms with Gasteiger partial charge in [0.05, 0.1) is 24.5 Å². The van der Waals surface area contributed by atoms with E-state index in [1.807, 2.05) is 24.3 Å². The summed E-state index contributed by atoms with van der Waals surface area (Å²) in [6.07, 6.45) is 1.33. The molecule has 0 spiro atoms. The van der Waals surface area contributed by atoms with Crippen molar-refractivity contribution in [3.05, 3.63) is 42.6 Å². The minimum Gasteiger partial charge on any atom is -0.481 e. The van der Waals surface area contributed by atoms with Gasteiger partial charge in [0.2, 0.25) is 5.88 Å². The molecule has 0 atom stereocenters. The summed E-state index contributed by atoms with van der Waals surface area (Å²) in [5, 5.41) is 4.49. The first-order valence-corrected chi connectivity index (χ1v) is 5.43. The Morgan fingerprint density at radius 2 is 2.11 bits per heavy atom. The minimum atomic E-state index is 0.313. The Hall–Kier alpha value is -2.43. The summed E-state index contributed by atoms with van der Waals surface area (Å²) in [4.78, 5) is 4.64. The molecule has 90 valence electrons. The van der Waals surface area contributed by atoms with Crippen molar-refractivity contribution in [3.63, 3.8) is 0 Å². The van der Waals surface area contributed by atoms with Gasteiger partial charge in [-0.2, -0.15) is 0 Å². The van der Waals surface area contributed by atoms with Crippen LogP contribution in [0.5, 0.6) is 5.88 Å². The molecular weight excluding hydrogens is 233 g/mol. The lowest BCUT2D eigenvalue weighted by molar-refractivity contribution is 0.320. The van der Waals surface area contributed by atoms with Crippen LogP contribution in [-0.4, -0.2) is 22.1 Å². The van der Waals surface area contributed by atoms with E-state index >= 15 is 0 Å². The molecule has 4 nitrogen and oxygen atoms in total. The molecule has 0 aliphatic carbocycles. The maximum Gasteiger partial charge on any atom is 0.213 e. The van der Waals surface area contributed by atoms with Gasteiger partial charge >= 0.3 is 0 Å². The molecule has 0 saturated heterocycles. The van der Waals surface area contributed by atoms with Gasteiger partial charge in [0.1, 0.15) is 0 Å². The van der Waals surface area contributed by atoms with Gasteiger partial charge in [-0.3, -0.25) is 0 Å². The Morgan fingerprint density at radius 1 is 1.22 bits per heavy atom. The van der Waals surface area contributed by atoms with Crippen molar-refractivity contribution >= 4 is 10.9 Å². The van der Waals surface area contributed by atoms with E-state index in [0.717, 1.165) is 16.6 Å². The normalized spacial score (nSPS) is 10.8. The Labute approximate surface area is 103 Å². The van der Waals surface area contributed by atoms with E-state index in [4.69, 9.17) is 4.74 Å². The van der Waals surface area contributed by atoms with Crippen molar-refractivity contribution in [2.45, 2.75) is 0 Å². The number of fused-ring (bicyclic) bond motifs is 1. The van der Waals surface area contributed by atoms with Crippen LogP contribution in [-0.2, 0) is 0 Å². The second-order valence-electron chi connectivity index (χ2n) is 3.86. The van der Waals surface area contributed by atoms with E-state index in [0.29, 0.717) is 16.3 Å². The molecular formula is C13H10FN3O. The fourth-order valence-electron chi connectivity index (χ4n) is 1.83. The summed E-state index contributed by atoms with van der Waals surface area (Å²) >= 11 is 0. The SMILES string of the molecule is COc1cccc(-c2ccc3cn(F)nc3c2)n1. The van der Waals surface area contributed by atoms with Crippen LogP contribution in [0.15, 0.2) is 42.6 Å². The summed E-state index contributed by atoms with van der Waals surface area (Å²) in [7, 11) is 1.57. The van der Waals surface area contributed by atoms with Gasteiger partial charge in [-0.05, 0) is 12.1 Å². The molecule has 3 rings (SSSR count). The molecule has 5 heteroatoms. The monoisotopic (exact) mass is 243 g/mol. The van der Waals surface area contributed by atoms with Gasteiger partial charge in [0.25, 0.3) is 0 Å². The van der Waals surface area contributed by atoms with Gasteiger partial charge in [-0.15, -0.1) is 10.0 Å². The van der Waals surface area contributed by atoms with Crippen molar-refractivity contribution in [1.82, 2.24) is 15.0 Å². The van der Waals surface area contributed by atoms with E-state index in [-0.39, 0.29) is 0 Å². The summed E-state index contributed by atoms with van der Waals surface area (Å²) in [5.74, 6) is 0.545. The lowest BCUT2D eigenvalue weighted by Gasteiger charge is -2.03. The summed E-state index contributed by atoms with van der Waals surface area (Å²) in [6, 6.07) is 11.0. The van der Waals surface area contributed by atoms with Crippen LogP contribution in [0.2, 0.25) is 0 Å². The molecule has 18 heavy (non-hydrogen) atoms. The van der Waals surface area contributed by atoms with E-state index in [1.165, 1.54) is 6.20 Å². The molecule has 1 aromatic carbocycles. The first kappa shape index (κ1) is 10.7. The number of benzene rings is 1. The number of pyridine rings is 1. The molecule has 3 aromatic rings. The van der Waals surface area contributed by atoms with Crippen LogP contribution >= 0.6 is 0 Å². The van der Waals surface area contributed by atoms with Gasteiger partial charge in [-0.1, -0.05) is 22.7 Å². The van der Waals surface area contributed by atoms with E-state index in [1.54, 1.807) is 19.2 Å². The molecule has 0 amide bonds. The van der Waals surface area contributed by atoms with Crippen molar-refractivity contribution < 1.29 is 9.22 Å². The zero-order valence-corrected chi connectivity index (χ0v) is 9.67. The van der Waals surface area contributed by atoms with E-state index < -0.39 is 0 Å². The number of rotatable bonds is 2. The van der Waals surface area contributed by atoms with Crippen molar-refractivity contribution in [3.8, 4) is 17.1 Å². The van der Waals surface area contributed by atoms with E-state index in [2.05, 4.69) is 10.1 Å². The Balaban J connectivity index is 2.12. The number of nitrogens with zero attached hydrogens (tertiary/aromatic N) is 3. The maximum atomic E-state index is 12.9. The molecule has 0 radical (unpaired) electrons. The lowest BCUT2D eigenvalue weighted by atomic mass is 10.1. The topological polar surface area (TPSA) is 39.9 Å². The molecule has 0 unspecified atom stereocenters. The molecule has 0 aliphatic rings. The highest BCUT2D eigenvalue weighted by Crippen LogP contribution is 2.23. The quantitative estimate of drug-likeness (QED) is 0.694. The number of ether oxygens (including phenoxy) is 1. The molecule has 0 aliphatic heterocycles. The van der Waals surface area contributed by atoms with Gasteiger partial charge in [0.15, 0.2) is 0 Å². The maximum absolute atomic E-state index is 12.9.